The van der Waals surface area contributed by atoms with Crippen molar-refractivity contribution >= 4 is 5.82 Å². The van der Waals surface area contributed by atoms with Crippen LogP contribution in [0.5, 0.6) is 11.5 Å². The SMILES string of the molecule is COC1=CC=C(Nc2cc(Oc3cn(C(F)F)nc3-c3ccccn3)ccn2)NN1. The van der Waals surface area contributed by atoms with Crippen LogP contribution in [0.2, 0.25) is 0 Å². The quantitative estimate of drug-likeness (QED) is 0.542. The average molecular weight is 413 g/mol. The van der Waals surface area contributed by atoms with E-state index in [1.54, 1.807) is 55.8 Å². The molecular weight excluding hydrogens is 396 g/mol. The van der Waals surface area contributed by atoms with E-state index in [9.17, 15) is 8.78 Å². The molecule has 4 heterocycles. The molecule has 0 saturated heterocycles. The van der Waals surface area contributed by atoms with Crippen LogP contribution in [0.1, 0.15) is 6.55 Å². The second-order valence-electron chi connectivity index (χ2n) is 5.98. The molecular formula is C19H17F2N7O2. The number of pyridine rings is 2. The lowest BCUT2D eigenvalue weighted by Crippen LogP contribution is -2.36. The highest BCUT2D eigenvalue weighted by atomic mass is 19.3. The van der Waals surface area contributed by atoms with E-state index in [0.29, 0.717) is 33.6 Å². The van der Waals surface area contributed by atoms with E-state index in [-0.39, 0.29) is 11.4 Å². The van der Waals surface area contributed by atoms with Gasteiger partial charge < -0.3 is 14.8 Å². The number of nitrogens with one attached hydrogen (secondary N) is 3. The third-order valence-corrected chi connectivity index (χ3v) is 3.97. The van der Waals surface area contributed by atoms with Gasteiger partial charge in [-0.1, -0.05) is 6.07 Å². The fourth-order valence-electron chi connectivity index (χ4n) is 2.60. The highest BCUT2D eigenvalue weighted by molar-refractivity contribution is 5.62. The number of rotatable bonds is 7. The molecule has 3 N–H and O–H groups in total. The maximum absolute atomic E-state index is 13.2. The monoisotopic (exact) mass is 413 g/mol. The van der Waals surface area contributed by atoms with Gasteiger partial charge in [0.25, 0.3) is 0 Å². The number of anilines is 1. The van der Waals surface area contributed by atoms with Crippen LogP contribution in [-0.4, -0.2) is 26.9 Å². The molecule has 0 spiro atoms. The summed E-state index contributed by atoms with van der Waals surface area (Å²) >= 11 is 0. The van der Waals surface area contributed by atoms with E-state index in [0.717, 1.165) is 6.20 Å². The van der Waals surface area contributed by atoms with Crippen molar-refractivity contribution in [3.63, 3.8) is 0 Å². The number of allylic oxidation sites excluding steroid dienone is 2. The molecule has 0 radical (unpaired) electrons. The zero-order valence-electron chi connectivity index (χ0n) is 15.7. The van der Waals surface area contributed by atoms with Crippen molar-refractivity contribution < 1.29 is 18.3 Å². The predicted molar refractivity (Wildman–Crippen MR) is 104 cm³/mol. The van der Waals surface area contributed by atoms with E-state index in [2.05, 4.69) is 31.2 Å². The predicted octanol–water partition coefficient (Wildman–Crippen LogP) is 3.38. The van der Waals surface area contributed by atoms with Crippen molar-refractivity contribution in [1.82, 2.24) is 30.6 Å². The van der Waals surface area contributed by atoms with Crippen LogP contribution in [-0.2, 0) is 4.74 Å². The molecule has 3 aromatic heterocycles. The lowest BCUT2D eigenvalue weighted by molar-refractivity contribution is 0.0566. The number of ether oxygens (including phenoxy) is 2. The van der Waals surface area contributed by atoms with Gasteiger partial charge in [-0.05, 0) is 24.3 Å². The number of hydrazine groups is 1. The van der Waals surface area contributed by atoms with Gasteiger partial charge in [0.05, 0.1) is 19.0 Å². The first-order valence-corrected chi connectivity index (χ1v) is 8.80. The second-order valence-corrected chi connectivity index (χ2v) is 5.98. The molecule has 0 aromatic carbocycles. The van der Waals surface area contributed by atoms with Crippen LogP contribution in [0.15, 0.2) is 72.8 Å². The Bertz CT molecular complexity index is 1080. The Morgan fingerprint density at radius 3 is 2.70 bits per heavy atom. The van der Waals surface area contributed by atoms with Crippen LogP contribution >= 0.6 is 0 Å². The van der Waals surface area contributed by atoms with E-state index >= 15 is 0 Å². The Labute approximate surface area is 170 Å². The van der Waals surface area contributed by atoms with Crippen LogP contribution in [0, 0.1) is 0 Å². The zero-order valence-corrected chi connectivity index (χ0v) is 15.7. The smallest absolute Gasteiger partial charge is 0.333 e. The summed E-state index contributed by atoms with van der Waals surface area (Å²) in [7, 11) is 1.55. The number of aromatic nitrogens is 4. The second kappa shape index (κ2) is 8.47. The molecule has 0 atom stereocenters. The number of methoxy groups -OCH3 is 1. The molecule has 154 valence electrons. The summed E-state index contributed by atoms with van der Waals surface area (Å²) < 4.78 is 37.7. The summed E-state index contributed by atoms with van der Waals surface area (Å²) in [4.78, 5) is 8.39. The standard InChI is InChI=1S/C19H17F2N7O2/c1-29-17-6-5-15(25-26-17)24-16-10-12(7-9-23-16)30-14-11-28(19(20)21)27-18(14)13-4-2-3-8-22-13/h2-11,19,25-26H,1H3,(H,23,24). The first kappa shape index (κ1) is 19.2. The number of hydrogen-bond acceptors (Lipinski definition) is 8. The van der Waals surface area contributed by atoms with Gasteiger partial charge in [0, 0.05) is 24.5 Å². The fourth-order valence-corrected chi connectivity index (χ4v) is 2.60. The molecule has 1 aliphatic rings. The molecule has 11 heteroatoms. The van der Waals surface area contributed by atoms with Gasteiger partial charge >= 0.3 is 6.55 Å². The minimum absolute atomic E-state index is 0.149. The van der Waals surface area contributed by atoms with Crippen LogP contribution < -0.4 is 20.9 Å². The van der Waals surface area contributed by atoms with Crippen molar-refractivity contribution in [3.8, 4) is 22.9 Å². The van der Waals surface area contributed by atoms with Crippen LogP contribution in [0.3, 0.4) is 0 Å². The molecule has 0 saturated carbocycles. The largest absolute Gasteiger partial charge is 0.481 e. The first-order valence-electron chi connectivity index (χ1n) is 8.80. The molecule has 0 fully saturated rings. The Hall–Kier alpha value is -4.15. The summed E-state index contributed by atoms with van der Waals surface area (Å²) in [6.07, 6.45) is 7.71. The lowest BCUT2D eigenvalue weighted by atomic mass is 10.2. The first-order chi connectivity index (χ1) is 14.6. The van der Waals surface area contributed by atoms with Gasteiger partial charge in [0.1, 0.15) is 17.4 Å². The maximum Gasteiger partial charge on any atom is 0.333 e. The summed E-state index contributed by atoms with van der Waals surface area (Å²) in [6.45, 7) is -2.80. The molecule has 3 aromatic rings. The number of nitrogens with zero attached hydrogens (tertiary/aromatic N) is 4. The highest BCUT2D eigenvalue weighted by Crippen LogP contribution is 2.33. The molecule has 0 aliphatic carbocycles. The molecule has 30 heavy (non-hydrogen) atoms. The summed E-state index contributed by atoms with van der Waals surface area (Å²) in [5.74, 6) is 2.19. The number of hydrogen-bond donors (Lipinski definition) is 3. The van der Waals surface area contributed by atoms with Gasteiger partial charge in [-0.25, -0.2) is 9.67 Å². The third kappa shape index (κ3) is 4.29. The van der Waals surface area contributed by atoms with Gasteiger partial charge in [-0.15, -0.1) is 0 Å². The van der Waals surface area contributed by atoms with Crippen molar-refractivity contribution in [2.75, 3.05) is 12.4 Å². The van der Waals surface area contributed by atoms with Crippen molar-refractivity contribution in [1.29, 1.82) is 0 Å². The molecule has 4 rings (SSSR count). The zero-order chi connectivity index (χ0) is 20.9. The fraction of sp³-hybridized carbons (Fsp3) is 0.105. The van der Waals surface area contributed by atoms with E-state index in [4.69, 9.17) is 9.47 Å². The minimum Gasteiger partial charge on any atom is -0.481 e. The van der Waals surface area contributed by atoms with Gasteiger partial charge in [-0.3, -0.25) is 15.8 Å². The third-order valence-electron chi connectivity index (χ3n) is 3.97. The summed E-state index contributed by atoms with van der Waals surface area (Å²) in [6, 6.07) is 8.37. The Morgan fingerprint density at radius 1 is 1.10 bits per heavy atom. The van der Waals surface area contributed by atoms with E-state index < -0.39 is 6.55 Å². The van der Waals surface area contributed by atoms with Crippen molar-refractivity contribution in [2.24, 2.45) is 0 Å². The number of halogens is 2. The Morgan fingerprint density at radius 2 is 2.00 bits per heavy atom. The molecule has 0 amide bonds. The van der Waals surface area contributed by atoms with Gasteiger partial charge in [0.15, 0.2) is 11.4 Å². The normalized spacial score (nSPS) is 13.1. The average Bonchev–Trinajstić information content (AvgIpc) is 3.19. The minimum atomic E-state index is -2.80. The molecule has 9 nitrogen and oxygen atoms in total. The summed E-state index contributed by atoms with van der Waals surface area (Å²) in [5.41, 5.74) is 6.38. The van der Waals surface area contributed by atoms with E-state index in [1.165, 1.54) is 6.20 Å². The van der Waals surface area contributed by atoms with E-state index in [1.807, 2.05) is 0 Å². The Balaban J connectivity index is 1.57. The topological polar surface area (TPSA) is 98.2 Å². The molecule has 0 unspecified atom stereocenters. The van der Waals surface area contributed by atoms with Crippen LogP contribution in [0.25, 0.3) is 11.4 Å². The highest BCUT2D eigenvalue weighted by Gasteiger charge is 2.18. The molecule has 0 bridgehead atoms. The van der Waals surface area contributed by atoms with Gasteiger partial charge in [-0.2, -0.15) is 13.9 Å². The van der Waals surface area contributed by atoms with Crippen molar-refractivity contribution in [3.05, 3.63) is 72.8 Å². The maximum atomic E-state index is 13.2. The van der Waals surface area contributed by atoms with Gasteiger partial charge in [0.2, 0.25) is 5.88 Å². The summed E-state index contributed by atoms with van der Waals surface area (Å²) in [5, 5.41) is 6.97. The van der Waals surface area contributed by atoms with Crippen molar-refractivity contribution in [2.45, 2.75) is 6.55 Å². The lowest BCUT2D eigenvalue weighted by Gasteiger charge is -2.19. The van der Waals surface area contributed by atoms with Crippen LogP contribution in [0.4, 0.5) is 14.6 Å². The number of alkyl halides is 2. The Kier molecular flexibility index (Phi) is 5.42. The molecule has 1 aliphatic heterocycles.